The van der Waals surface area contributed by atoms with Crippen LogP contribution in [0.4, 0.5) is 0 Å². The normalized spacial score (nSPS) is 11.1. The lowest BCUT2D eigenvalue weighted by Gasteiger charge is -2.09. The van der Waals surface area contributed by atoms with Crippen molar-refractivity contribution >= 4 is 10.9 Å². The number of aromatic amines is 1. The number of hydrogen-bond donors (Lipinski definition) is 3. The summed E-state index contributed by atoms with van der Waals surface area (Å²) in [4.78, 5) is 3.07. The third kappa shape index (κ3) is 1.22. The second-order valence-corrected chi connectivity index (χ2v) is 3.39. The van der Waals surface area contributed by atoms with Gasteiger partial charge >= 0.3 is 0 Å². The van der Waals surface area contributed by atoms with Gasteiger partial charge in [-0.25, -0.2) is 0 Å². The Morgan fingerprint density at radius 1 is 1.29 bits per heavy atom. The van der Waals surface area contributed by atoms with Crippen LogP contribution in [0.2, 0.25) is 0 Å². The summed E-state index contributed by atoms with van der Waals surface area (Å²) in [6, 6.07) is 3.86. The summed E-state index contributed by atoms with van der Waals surface area (Å²) >= 11 is 0. The summed E-state index contributed by atoms with van der Waals surface area (Å²) in [6.45, 7) is 1.94. The van der Waals surface area contributed by atoms with Crippen LogP contribution < -0.4 is 0 Å². The SMILES string of the molecule is Cc1c(CO)cc2[nH]ccc2c1CO. The fourth-order valence-corrected chi connectivity index (χ4v) is 1.81. The number of rotatable bonds is 2. The molecule has 0 aliphatic rings. The van der Waals surface area contributed by atoms with Crippen molar-refractivity contribution in [3.63, 3.8) is 0 Å². The molecule has 3 N–H and O–H groups in total. The zero-order valence-corrected chi connectivity index (χ0v) is 8.04. The molecule has 0 aliphatic heterocycles. The Labute approximate surface area is 82.0 Å². The maximum absolute atomic E-state index is 9.26. The second-order valence-electron chi connectivity index (χ2n) is 3.39. The molecule has 0 amide bonds. The van der Waals surface area contributed by atoms with Gasteiger partial charge in [0.1, 0.15) is 0 Å². The van der Waals surface area contributed by atoms with Crippen LogP contribution in [0.5, 0.6) is 0 Å². The van der Waals surface area contributed by atoms with Crippen LogP contribution in [0.1, 0.15) is 16.7 Å². The maximum Gasteiger partial charge on any atom is 0.0691 e. The Balaban J connectivity index is 2.80. The van der Waals surface area contributed by atoms with Crippen molar-refractivity contribution in [3.8, 4) is 0 Å². The van der Waals surface area contributed by atoms with Gasteiger partial charge in [-0.15, -0.1) is 0 Å². The number of aliphatic hydroxyl groups is 2. The Bertz CT molecular complexity index is 460. The van der Waals surface area contributed by atoms with Gasteiger partial charge in [0.05, 0.1) is 13.2 Å². The highest BCUT2D eigenvalue weighted by atomic mass is 16.3. The molecule has 1 aromatic carbocycles. The molecule has 1 heterocycles. The molecule has 0 atom stereocenters. The molecule has 2 aromatic rings. The number of benzene rings is 1. The first kappa shape index (κ1) is 9.24. The molecule has 0 saturated heterocycles. The monoisotopic (exact) mass is 191 g/mol. The smallest absolute Gasteiger partial charge is 0.0691 e. The molecule has 3 nitrogen and oxygen atoms in total. The van der Waals surface area contributed by atoms with Crippen LogP contribution in [-0.4, -0.2) is 15.2 Å². The average Bonchev–Trinajstić information content (AvgIpc) is 2.64. The molecule has 0 fully saturated rings. The van der Waals surface area contributed by atoms with Crippen LogP contribution in [0.15, 0.2) is 18.3 Å². The summed E-state index contributed by atoms with van der Waals surface area (Å²) in [7, 11) is 0. The third-order valence-corrected chi connectivity index (χ3v) is 2.69. The van der Waals surface area contributed by atoms with E-state index in [9.17, 15) is 5.11 Å². The first-order valence-electron chi connectivity index (χ1n) is 4.58. The van der Waals surface area contributed by atoms with Gasteiger partial charge < -0.3 is 15.2 Å². The molecule has 0 unspecified atom stereocenters. The largest absolute Gasteiger partial charge is 0.392 e. The minimum absolute atomic E-state index is 0.00773. The van der Waals surface area contributed by atoms with Crippen LogP contribution in [0.3, 0.4) is 0 Å². The molecule has 0 aliphatic carbocycles. The summed E-state index contributed by atoms with van der Waals surface area (Å²) in [5, 5.41) is 19.4. The second kappa shape index (κ2) is 3.44. The molecule has 2 rings (SSSR count). The standard InChI is InChI=1S/C11H13NO2/c1-7-8(5-13)4-11-9(2-3-12-11)10(7)6-14/h2-4,12-14H,5-6H2,1H3. The van der Waals surface area contributed by atoms with Gasteiger partial charge in [-0.1, -0.05) is 0 Å². The van der Waals surface area contributed by atoms with Gasteiger partial charge in [-0.2, -0.15) is 0 Å². The number of hydrogen-bond acceptors (Lipinski definition) is 2. The van der Waals surface area contributed by atoms with E-state index in [1.54, 1.807) is 0 Å². The predicted molar refractivity (Wildman–Crippen MR) is 54.9 cm³/mol. The molecule has 1 aromatic heterocycles. The minimum Gasteiger partial charge on any atom is -0.392 e. The van der Waals surface area contributed by atoms with Crippen molar-refractivity contribution < 1.29 is 10.2 Å². The number of nitrogens with one attached hydrogen (secondary N) is 1. The molecular weight excluding hydrogens is 178 g/mol. The van der Waals surface area contributed by atoms with E-state index in [1.807, 2.05) is 25.3 Å². The van der Waals surface area contributed by atoms with E-state index in [-0.39, 0.29) is 13.2 Å². The Kier molecular flexibility index (Phi) is 2.27. The number of aromatic nitrogens is 1. The van der Waals surface area contributed by atoms with Crippen molar-refractivity contribution in [2.75, 3.05) is 0 Å². The lowest BCUT2D eigenvalue weighted by atomic mass is 9.99. The van der Waals surface area contributed by atoms with E-state index >= 15 is 0 Å². The average molecular weight is 191 g/mol. The summed E-state index contributed by atoms with van der Waals surface area (Å²) < 4.78 is 0. The number of fused-ring (bicyclic) bond motifs is 1. The van der Waals surface area contributed by atoms with Gasteiger partial charge in [0, 0.05) is 17.1 Å². The quantitative estimate of drug-likeness (QED) is 0.673. The maximum atomic E-state index is 9.26. The van der Waals surface area contributed by atoms with Crippen LogP contribution in [-0.2, 0) is 13.2 Å². The highest BCUT2D eigenvalue weighted by Crippen LogP contribution is 2.24. The van der Waals surface area contributed by atoms with E-state index in [0.29, 0.717) is 0 Å². The molecule has 14 heavy (non-hydrogen) atoms. The molecule has 74 valence electrons. The highest BCUT2D eigenvalue weighted by molar-refractivity contribution is 5.85. The Morgan fingerprint density at radius 2 is 2.07 bits per heavy atom. The van der Waals surface area contributed by atoms with Crippen molar-refractivity contribution in [1.29, 1.82) is 0 Å². The van der Waals surface area contributed by atoms with Crippen molar-refractivity contribution in [1.82, 2.24) is 4.98 Å². The fourth-order valence-electron chi connectivity index (χ4n) is 1.81. The van der Waals surface area contributed by atoms with Gasteiger partial charge in [0.25, 0.3) is 0 Å². The zero-order chi connectivity index (χ0) is 10.1. The molecule has 3 heteroatoms. The van der Waals surface area contributed by atoms with Gasteiger partial charge in [0.2, 0.25) is 0 Å². The van der Waals surface area contributed by atoms with Crippen molar-refractivity contribution in [2.45, 2.75) is 20.1 Å². The van der Waals surface area contributed by atoms with Gasteiger partial charge in [0.15, 0.2) is 0 Å². The van der Waals surface area contributed by atoms with E-state index in [2.05, 4.69) is 4.98 Å². The zero-order valence-electron chi connectivity index (χ0n) is 8.04. The predicted octanol–water partition coefficient (Wildman–Crippen LogP) is 1.46. The van der Waals surface area contributed by atoms with E-state index in [1.165, 1.54) is 0 Å². The topological polar surface area (TPSA) is 56.2 Å². The molecular formula is C11H13NO2. The summed E-state index contributed by atoms with van der Waals surface area (Å²) in [6.07, 6.45) is 1.84. The molecule has 0 spiro atoms. The third-order valence-electron chi connectivity index (χ3n) is 2.69. The van der Waals surface area contributed by atoms with E-state index < -0.39 is 0 Å². The van der Waals surface area contributed by atoms with Crippen LogP contribution >= 0.6 is 0 Å². The first-order chi connectivity index (χ1) is 6.77. The Hall–Kier alpha value is -1.32. The molecule has 0 radical (unpaired) electrons. The summed E-state index contributed by atoms with van der Waals surface area (Å²) in [5.41, 5.74) is 3.70. The van der Waals surface area contributed by atoms with E-state index in [4.69, 9.17) is 5.11 Å². The van der Waals surface area contributed by atoms with Crippen molar-refractivity contribution in [3.05, 3.63) is 35.0 Å². The Morgan fingerprint density at radius 3 is 2.71 bits per heavy atom. The molecule has 0 bridgehead atoms. The van der Waals surface area contributed by atoms with Gasteiger partial charge in [-0.3, -0.25) is 0 Å². The summed E-state index contributed by atoms with van der Waals surface area (Å²) in [5.74, 6) is 0. The highest BCUT2D eigenvalue weighted by Gasteiger charge is 2.08. The lowest BCUT2D eigenvalue weighted by Crippen LogP contribution is -1.96. The number of aliphatic hydroxyl groups excluding tert-OH is 2. The first-order valence-corrected chi connectivity index (χ1v) is 4.58. The van der Waals surface area contributed by atoms with Gasteiger partial charge in [-0.05, 0) is 35.7 Å². The fraction of sp³-hybridized carbons (Fsp3) is 0.273. The van der Waals surface area contributed by atoms with Crippen LogP contribution in [0, 0.1) is 6.92 Å². The van der Waals surface area contributed by atoms with E-state index in [0.717, 1.165) is 27.6 Å². The number of H-pyrrole nitrogens is 1. The lowest BCUT2D eigenvalue weighted by molar-refractivity contribution is 0.275. The van der Waals surface area contributed by atoms with Crippen molar-refractivity contribution in [2.24, 2.45) is 0 Å². The van der Waals surface area contributed by atoms with Crippen LogP contribution in [0.25, 0.3) is 10.9 Å². The molecule has 0 saturated carbocycles. The minimum atomic E-state index is 0.00773.